The molecule has 0 aliphatic rings. The maximum Gasteiger partial charge on any atom is 0.146 e. The van der Waals surface area contributed by atoms with Crippen LogP contribution in [0.5, 0.6) is 0 Å². The molecule has 4 heteroatoms. The second kappa shape index (κ2) is 6.86. The lowest BCUT2D eigenvalue weighted by Gasteiger charge is -2.24. The van der Waals surface area contributed by atoms with Crippen molar-refractivity contribution < 1.29 is 4.39 Å². The van der Waals surface area contributed by atoms with Crippen molar-refractivity contribution in [3.05, 3.63) is 58.3 Å². The fourth-order valence-corrected chi connectivity index (χ4v) is 2.71. The molecule has 0 unspecified atom stereocenters. The van der Waals surface area contributed by atoms with Crippen LogP contribution < -0.4 is 10.2 Å². The molecular formula is C16H18BrFN2. The van der Waals surface area contributed by atoms with E-state index in [1.54, 1.807) is 12.1 Å². The van der Waals surface area contributed by atoms with E-state index in [4.69, 9.17) is 0 Å². The smallest absolute Gasteiger partial charge is 0.146 e. The van der Waals surface area contributed by atoms with E-state index >= 15 is 0 Å². The van der Waals surface area contributed by atoms with E-state index in [2.05, 4.69) is 27.3 Å². The van der Waals surface area contributed by atoms with Crippen LogP contribution >= 0.6 is 15.9 Å². The molecule has 106 valence electrons. The summed E-state index contributed by atoms with van der Waals surface area (Å²) in [5.41, 5.74) is 2.76. The molecule has 2 nitrogen and oxygen atoms in total. The summed E-state index contributed by atoms with van der Waals surface area (Å²) < 4.78 is 15.0. The molecule has 0 spiro atoms. The first kappa shape index (κ1) is 15.0. The molecule has 0 aromatic heterocycles. The van der Waals surface area contributed by atoms with Gasteiger partial charge in [0.15, 0.2) is 0 Å². The SMILES string of the molecule is CCN(c1ccc(CNC)c(Br)c1)c1ccccc1F. The van der Waals surface area contributed by atoms with Gasteiger partial charge in [-0.05, 0) is 43.8 Å². The molecule has 0 saturated carbocycles. The van der Waals surface area contributed by atoms with Gasteiger partial charge < -0.3 is 10.2 Å². The molecule has 20 heavy (non-hydrogen) atoms. The van der Waals surface area contributed by atoms with E-state index in [9.17, 15) is 4.39 Å². The number of nitrogens with one attached hydrogen (secondary N) is 1. The molecule has 1 N–H and O–H groups in total. The van der Waals surface area contributed by atoms with Crippen LogP contribution in [0.25, 0.3) is 0 Å². The van der Waals surface area contributed by atoms with Gasteiger partial charge in [0.1, 0.15) is 5.82 Å². The predicted molar refractivity (Wildman–Crippen MR) is 86.0 cm³/mol. The highest BCUT2D eigenvalue weighted by Gasteiger charge is 2.12. The molecule has 2 rings (SSSR count). The van der Waals surface area contributed by atoms with Crippen molar-refractivity contribution >= 4 is 27.3 Å². The zero-order chi connectivity index (χ0) is 14.5. The zero-order valence-electron chi connectivity index (χ0n) is 11.7. The zero-order valence-corrected chi connectivity index (χ0v) is 13.2. The average Bonchev–Trinajstić information content (AvgIpc) is 2.45. The minimum Gasteiger partial charge on any atom is -0.339 e. The fraction of sp³-hybridized carbons (Fsp3) is 0.250. The summed E-state index contributed by atoms with van der Waals surface area (Å²) in [6.07, 6.45) is 0. The van der Waals surface area contributed by atoms with Gasteiger partial charge in [-0.2, -0.15) is 0 Å². The number of hydrogen-bond acceptors (Lipinski definition) is 2. The van der Waals surface area contributed by atoms with Crippen molar-refractivity contribution in [3.63, 3.8) is 0 Å². The minimum absolute atomic E-state index is 0.204. The highest BCUT2D eigenvalue weighted by atomic mass is 79.9. The molecule has 0 saturated heterocycles. The largest absolute Gasteiger partial charge is 0.339 e. The first-order chi connectivity index (χ1) is 9.67. The first-order valence-electron chi connectivity index (χ1n) is 6.62. The monoisotopic (exact) mass is 336 g/mol. The van der Waals surface area contributed by atoms with E-state index in [1.807, 2.05) is 37.1 Å². The number of rotatable bonds is 5. The van der Waals surface area contributed by atoms with Crippen molar-refractivity contribution in [3.8, 4) is 0 Å². The topological polar surface area (TPSA) is 15.3 Å². The molecule has 0 amide bonds. The molecule has 2 aromatic rings. The van der Waals surface area contributed by atoms with Crippen LogP contribution in [0.1, 0.15) is 12.5 Å². The van der Waals surface area contributed by atoms with Crippen molar-refractivity contribution in [2.75, 3.05) is 18.5 Å². The Balaban J connectivity index is 2.38. The van der Waals surface area contributed by atoms with Gasteiger partial charge >= 0.3 is 0 Å². The Morgan fingerprint density at radius 2 is 1.95 bits per heavy atom. The van der Waals surface area contributed by atoms with Crippen LogP contribution in [0, 0.1) is 5.82 Å². The Morgan fingerprint density at radius 1 is 1.20 bits per heavy atom. The maximum atomic E-state index is 13.9. The fourth-order valence-electron chi connectivity index (χ4n) is 2.20. The maximum absolute atomic E-state index is 13.9. The summed E-state index contributed by atoms with van der Waals surface area (Å²) in [4.78, 5) is 1.96. The quantitative estimate of drug-likeness (QED) is 0.866. The molecule has 0 fully saturated rings. The van der Waals surface area contributed by atoms with E-state index in [1.165, 1.54) is 11.6 Å². The van der Waals surface area contributed by atoms with E-state index < -0.39 is 0 Å². The minimum atomic E-state index is -0.204. The Kier molecular flexibility index (Phi) is 5.15. The van der Waals surface area contributed by atoms with Crippen LogP contribution in [0.3, 0.4) is 0 Å². The van der Waals surface area contributed by atoms with E-state index in [0.717, 1.165) is 16.7 Å². The Labute approximate surface area is 127 Å². The van der Waals surface area contributed by atoms with Gasteiger partial charge in [-0.15, -0.1) is 0 Å². The molecule has 0 aliphatic carbocycles. The van der Waals surface area contributed by atoms with Crippen molar-refractivity contribution in [1.29, 1.82) is 0 Å². The third-order valence-electron chi connectivity index (χ3n) is 3.18. The third kappa shape index (κ3) is 3.19. The van der Waals surface area contributed by atoms with Crippen molar-refractivity contribution in [2.45, 2.75) is 13.5 Å². The van der Waals surface area contributed by atoms with Crippen LogP contribution in [0.2, 0.25) is 0 Å². The van der Waals surface area contributed by atoms with Gasteiger partial charge in [0.05, 0.1) is 5.69 Å². The summed E-state index contributed by atoms with van der Waals surface area (Å²) in [7, 11) is 1.91. The number of benzene rings is 2. The van der Waals surface area contributed by atoms with Gasteiger partial charge in [0.25, 0.3) is 0 Å². The summed E-state index contributed by atoms with van der Waals surface area (Å²) in [5.74, 6) is -0.204. The van der Waals surface area contributed by atoms with Crippen LogP contribution in [0.15, 0.2) is 46.9 Å². The summed E-state index contributed by atoms with van der Waals surface area (Å²) in [6.45, 7) is 3.52. The van der Waals surface area contributed by atoms with Gasteiger partial charge in [0.2, 0.25) is 0 Å². The molecule has 2 aromatic carbocycles. The predicted octanol–water partition coefficient (Wildman–Crippen LogP) is 4.47. The normalized spacial score (nSPS) is 10.6. The third-order valence-corrected chi connectivity index (χ3v) is 3.91. The van der Waals surface area contributed by atoms with Crippen LogP contribution in [-0.4, -0.2) is 13.6 Å². The number of anilines is 2. The highest BCUT2D eigenvalue weighted by Crippen LogP contribution is 2.30. The molecule has 0 aliphatic heterocycles. The Morgan fingerprint density at radius 3 is 2.55 bits per heavy atom. The Bertz CT molecular complexity index is 586. The van der Waals surface area contributed by atoms with Gasteiger partial charge in [0, 0.05) is 23.2 Å². The van der Waals surface area contributed by atoms with Crippen molar-refractivity contribution in [2.24, 2.45) is 0 Å². The molecule has 0 heterocycles. The molecule has 0 radical (unpaired) electrons. The lowest BCUT2D eigenvalue weighted by Crippen LogP contribution is -2.17. The van der Waals surface area contributed by atoms with Gasteiger partial charge in [-0.1, -0.05) is 34.1 Å². The first-order valence-corrected chi connectivity index (χ1v) is 7.41. The average molecular weight is 337 g/mol. The second-order valence-corrected chi connectivity index (χ2v) is 5.36. The second-order valence-electron chi connectivity index (χ2n) is 4.50. The molecular weight excluding hydrogens is 319 g/mol. The lowest BCUT2D eigenvalue weighted by molar-refractivity contribution is 0.625. The van der Waals surface area contributed by atoms with E-state index in [0.29, 0.717) is 12.2 Å². The highest BCUT2D eigenvalue weighted by molar-refractivity contribution is 9.10. The number of para-hydroxylation sites is 1. The Hall–Kier alpha value is -1.39. The van der Waals surface area contributed by atoms with Crippen LogP contribution in [0.4, 0.5) is 15.8 Å². The summed E-state index contributed by atoms with van der Waals surface area (Å²) in [6, 6.07) is 13.0. The lowest BCUT2D eigenvalue weighted by atomic mass is 10.1. The summed E-state index contributed by atoms with van der Waals surface area (Å²) >= 11 is 3.58. The van der Waals surface area contributed by atoms with Gasteiger partial charge in [-0.25, -0.2) is 4.39 Å². The van der Waals surface area contributed by atoms with E-state index in [-0.39, 0.29) is 5.82 Å². The van der Waals surface area contributed by atoms with Crippen LogP contribution in [-0.2, 0) is 6.54 Å². The number of hydrogen-bond donors (Lipinski definition) is 1. The number of nitrogens with zero attached hydrogens (tertiary/aromatic N) is 1. The standard InChI is InChI=1S/C16H18BrFN2/c1-3-20(16-7-5-4-6-15(16)18)13-9-8-12(11-19-2)14(17)10-13/h4-10,19H,3,11H2,1-2H3. The molecule has 0 bridgehead atoms. The van der Waals surface area contributed by atoms with Gasteiger partial charge in [-0.3, -0.25) is 0 Å². The summed E-state index contributed by atoms with van der Waals surface area (Å²) in [5, 5.41) is 3.12. The number of halogens is 2. The molecule has 0 atom stereocenters. The van der Waals surface area contributed by atoms with Crippen molar-refractivity contribution in [1.82, 2.24) is 5.32 Å².